The average Bonchev–Trinajstić information content (AvgIpc) is 2.58. The molecule has 1 saturated carbocycles. The second-order valence-electron chi connectivity index (χ2n) is 5.83. The first kappa shape index (κ1) is 18.0. The van der Waals surface area contributed by atoms with Crippen LogP contribution < -0.4 is 11.5 Å². The average molecular weight is 489 g/mol. The van der Waals surface area contributed by atoms with E-state index >= 15 is 0 Å². The van der Waals surface area contributed by atoms with Crippen LogP contribution in [-0.2, 0) is 21.1 Å². The van der Waals surface area contributed by atoms with Crippen LogP contribution in [0.3, 0.4) is 0 Å². The second kappa shape index (κ2) is 8.49. The van der Waals surface area contributed by atoms with Gasteiger partial charge in [0.2, 0.25) is 0 Å². The Balaban J connectivity index is 0.000000185. The smallest absolute Gasteiger partial charge is 0.0964 e. The predicted molar refractivity (Wildman–Crippen MR) is 91.5 cm³/mol. The minimum absolute atomic E-state index is 0. The second-order valence-corrected chi connectivity index (χ2v) is 5.83. The number of fused-ring (bicyclic) bond motifs is 3. The van der Waals surface area contributed by atoms with Crippen molar-refractivity contribution in [2.45, 2.75) is 37.8 Å². The van der Waals surface area contributed by atoms with Crippen molar-refractivity contribution < 1.29 is 21.1 Å². The van der Waals surface area contributed by atoms with Gasteiger partial charge in [0.05, 0.1) is 11.0 Å². The van der Waals surface area contributed by atoms with Gasteiger partial charge < -0.3 is 11.5 Å². The number of rotatable bonds is 0. The summed E-state index contributed by atoms with van der Waals surface area (Å²) in [5.74, 6) is 0. The van der Waals surface area contributed by atoms with Crippen LogP contribution in [-0.4, -0.2) is 22.1 Å². The summed E-state index contributed by atoms with van der Waals surface area (Å²) in [7, 11) is 0. The maximum Gasteiger partial charge on any atom is 0.0964 e. The van der Waals surface area contributed by atoms with E-state index in [1.165, 1.54) is 12.8 Å². The number of nitrogens with zero attached hydrogens (tertiary/aromatic N) is 2. The molecular formula is C18H22N4Pt. The number of hydrogen-bond acceptors (Lipinski definition) is 4. The van der Waals surface area contributed by atoms with Crippen molar-refractivity contribution in [1.29, 1.82) is 0 Å². The zero-order chi connectivity index (χ0) is 15.4. The van der Waals surface area contributed by atoms with E-state index in [1.54, 1.807) is 12.4 Å². The molecule has 4 nitrogen and oxygen atoms in total. The van der Waals surface area contributed by atoms with Crippen molar-refractivity contribution in [3.8, 4) is 0 Å². The number of nitrogens with two attached hydrogens (primary N) is 2. The van der Waals surface area contributed by atoms with E-state index in [9.17, 15) is 0 Å². The third-order valence-electron chi connectivity index (χ3n) is 4.22. The molecule has 1 aromatic carbocycles. The summed E-state index contributed by atoms with van der Waals surface area (Å²) in [6.07, 6.45) is 8.40. The number of pyridine rings is 2. The summed E-state index contributed by atoms with van der Waals surface area (Å²) in [6, 6.07) is 12.7. The Labute approximate surface area is 150 Å². The molecule has 5 heteroatoms. The van der Waals surface area contributed by atoms with Crippen LogP contribution in [0.4, 0.5) is 0 Å². The SMILES string of the molecule is N[C@H]1CCCC[C@@H]1N.[Pt].c1cnc2c(c1)ccc1cccnc12. The monoisotopic (exact) mass is 489 g/mol. The molecule has 3 aromatic rings. The summed E-state index contributed by atoms with van der Waals surface area (Å²) in [6.45, 7) is 0. The van der Waals surface area contributed by atoms with Crippen molar-refractivity contribution in [3.63, 3.8) is 0 Å². The summed E-state index contributed by atoms with van der Waals surface area (Å²) in [5.41, 5.74) is 13.3. The fourth-order valence-electron chi connectivity index (χ4n) is 2.87. The van der Waals surface area contributed by atoms with Gasteiger partial charge in [-0.15, -0.1) is 0 Å². The van der Waals surface area contributed by atoms with Crippen LogP contribution >= 0.6 is 0 Å². The van der Waals surface area contributed by atoms with Gasteiger partial charge >= 0.3 is 0 Å². The van der Waals surface area contributed by atoms with E-state index in [0.29, 0.717) is 0 Å². The molecule has 0 unspecified atom stereocenters. The van der Waals surface area contributed by atoms with Crippen LogP contribution in [0.1, 0.15) is 25.7 Å². The van der Waals surface area contributed by atoms with Crippen molar-refractivity contribution in [1.82, 2.24) is 9.97 Å². The van der Waals surface area contributed by atoms with Gasteiger partial charge in [0.1, 0.15) is 0 Å². The van der Waals surface area contributed by atoms with E-state index in [1.807, 2.05) is 12.1 Å². The van der Waals surface area contributed by atoms with Crippen LogP contribution in [0, 0.1) is 0 Å². The third kappa shape index (κ3) is 4.35. The van der Waals surface area contributed by atoms with Crippen molar-refractivity contribution in [3.05, 3.63) is 48.8 Å². The summed E-state index contributed by atoms with van der Waals surface area (Å²) in [4.78, 5) is 8.69. The Morgan fingerprint density at radius 3 is 1.57 bits per heavy atom. The molecular weight excluding hydrogens is 467 g/mol. The molecule has 0 radical (unpaired) electrons. The van der Waals surface area contributed by atoms with Gasteiger partial charge in [-0.1, -0.05) is 37.1 Å². The van der Waals surface area contributed by atoms with Crippen LogP contribution in [0.2, 0.25) is 0 Å². The maximum absolute atomic E-state index is 5.65. The van der Waals surface area contributed by atoms with E-state index in [-0.39, 0.29) is 33.1 Å². The summed E-state index contributed by atoms with van der Waals surface area (Å²) < 4.78 is 0. The molecule has 0 saturated heterocycles. The van der Waals surface area contributed by atoms with Gasteiger partial charge in [-0.05, 0) is 25.0 Å². The molecule has 4 rings (SSSR count). The van der Waals surface area contributed by atoms with E-state index in [4.69, 9.17) is 11.5 Å². The van der Waals surface area contributed by atoms with E-state index in [2.05, 4.69) is 34.2 Å². The molecule has 0 bridgehead atoms. The molecule has 1 aliphatic rings. The van der Waals surface area contributed by atoms with Gasteiger partial charge in [-0.25, -0.2) is 0 Å². The molecule has 23 heavy (non-hydrogen) atoms. The molecule has 1 fully saturated rings. The van der Waals surface area contributed by atoms with Crippen LogP contribution in [0.5, 0.6) is 0 Å². The van der Waals surface area contributed by atoms with Gasteiger partial charge in [0.15, 0.2) is 0 Å². The quantitative estimate of drug-likeness (QED) is 0.476. The Hall–Kier alpha value is -1.35. The Morgan fingerprint density at radius 2 is 1.17 bits per heavy atom. The first-order valence-electron chi connectivity index (χ1n) is 7.85. The largest absolute Gasteiger partial charge is 0.326 e. The molecule has 0 spiro atoms. The number of aromatic nitrogens is 2. The number of benzene rings is 1. The van der Waals surface area contributed by atoms with Gasteiger partial charge in [-0.3, -0.25) is 9.97 Å². The standard InChI is InChI=1S/C12H8N2.C6H14N2.Pt/c1-3-9-5-6-10-4-2-8-14-12(10)11(9)13-7-1;7-5-3-1-2-4-6(5)8;/h1-8H;5-6H,1-4,7-8H2;/t;5-,6-;/m.0./s1. The molecule has 0 amide bonds. The minimum Gasteiger partial charge on any atom is -0.326 e. The van der Waals surface area contributed by atoms with Crippen molar-refractivity contribution in [2.24, 2.45) is 11.5 Å². The van der Waals surface area contributed by atoms with Crippen molar-refractivity contribution >= 4 is 21.8 Å². The summed E-state index contributed by atoms with van der Waals surface area (Å²) >= 11 is 0. The molecule has 124 valence electrons. The van der Waals surface area contributed by atoms with Crippen LogP contribution in [0.25, 0.3) is 21.8 Å². The first-order chi connectivity index (χ1) is 10.8. The minimum atomic E-state index is 0. The Bertz CT molecular complexity index is 697. The Morgan fingerprint density at radius 1 is 0.739 bits per heavy atom. The third-order valence-corrected chi connectivity index (χ3v) is 4.22. The van der Waals surface area contributed by atoms with Gasteiger partial charge in [0.25, 0.3) is 0 Å². The van der Waals surface area contributed by atoms with Crippen molar-refractivity contribution in [2.75, 3.05) is 0 Å². The van der Waals surface area contributed by atoms with E-state index in [0.717, 1.165) is 34.6 Å². The fraction of sp³-hybridized carbons (Fsp3) is 0.333. The summed E-state index contributed by atoms with van der Waals surface area (Å²) in [5, 5.41) is 2.28. The van der Waals surface area contributed by atoms with E-state index < -0.39 is 0 Å². The normalized spacial score (nSPS) is 20.4. The zero-order valence-corrected chi connectivity index (χ0v) is 15.2. The fourth-order valence-corrected chi connectivity index (χ4v) is 2.87. The van der Waals surface area contributed by atoms with Crippen LogP contribution in [0.15, 0.2) is 48.8 Å². The predicted octanol–water partition coefficient (Wildman–Crippen LogP) is 3.00. The molecule has 2 aromatic heterocycles. The van der Waals surface area contributed by atoms with Gasteiger partial charge in [-0.2, -0.15) is 0 Å². The first-order valence-corrected chi connectivity index (χ1v) is 7.85. The molecule has 2 heterocycles. The van der Waals surface area contributed by atoms with Gasteiger partial charge in [0, 0.05) is 56.3 Å². The molecule has 2 atom stereocenters. The topological polar surface area (TPSA) is 77.8 Å². The molecule has 1 aliphatic carbocycles. The number of hydrogen-bond donors (Lipinski definition) is 2. The zero-order valence-electron chi connectivity index (χ0n) is 13.0. The Kier molecular flexibility index (Phi) is 6.64. The molecule has 4 N–H and O–H groups in total. The maximum atomic E-state index is 5.65. The molecule has 0 aliphatic heterocycles.